The molecule has 0 saturated carbocycles. The van der Waals surface area contributed by atoms with Gasteiger partial charge in [-0.15, -0.1) is 0 Å². The number of hydrogen-bond donors (Lipinski definition) is 1. The third kappa shape index (κ3) is 3.38. The van der Waals surface area contributed by atoms with Crippen molar-refractivity contribution in [1.82, 2.24) is 10.3 Å². The van der Waals surface area contributed by atoms with Gasteiger partial charge < -0.3 is 5.32 Å². The molecule has 0 bridgehead atoms. The Morgan fingerprint density at radius 3 is 2.89 bits per heavy atom. The van der Waals surface area contributed by atoms with Crippen LogP contribution in [0.15, 0.2) is 41.0 Å². The molecule has 19 heavy (non-hydrogen) atoms. The molecule has 1 N–H and O–H groups in total. The summed E-state index contributed by atoms with van der Waals surface area (Å²) in [5.41, 5.74) is 2.24. The van der Waals surface area contributed by atoms with Crippen LogP contribution in [0.1, 0.15) is 21.6 Å². The second-order valence-corrected chi connectivity index (χ2v) is 4.93. The van der Waals surface area contributed by atoms with Crippen molar-refractivity contribution in [2.24, 2.45) is 0 Å². The number of hydrogen-bond acceptors (Lipinski definition) is 2. The zero-order valence-corrected chi connectivity index (χ0v) is 11.9. The van der Waals surface area contributed by atoms with Crippen LogP contribution in [0, 0.1) is 12.7 Å². The summed E-state index contributed by atoms with van der Waals surface area (Å²) in [7, 11) is 0. The number of benzene rings is 1. The Kier molecular flexibility index (Phi) is 4.27. The van der Waals surface area contributed by atoms with Crippen LogP contribution < -0.4 is 5.32 Å². The van der Waals surface area contributed by atoms with Crippen molar-refractivity contribution >= 4 is 21.8 Å². The SMILES string of the molecule is Cc1cccnc1CNC(=O)c1ccc(F)c(Br)c1. The summed E-state index contributed by atoms with van der Waals surface area (Å²) in [5, 5.41) is 2.76. The first-order chi connectivity index (χ1) is 9.08. The Morgan fingerprint density at radius 2 is 2.21 bits per heavy atom. The normalized spacial score (nSPS) is 10.3. The fourth-order valence-electron chi connectivity index (χ4n) is 1.61. The molecule has 0 radical (unpaired) electrons. The maximum absolute atomic E-state index is 13.1. The highest BCUT2D eigenvalue weighted by atomic mass is 79.9. The van der Waals surface area contributed by atoms with Gasteiger partial charge in [-0.1, -0.05) is 6.07 Å². The van der Waals surface area contributed by atoms with E-state index >= 15 is 0 Å². The van der Waals surface area contributed by atoms with Gasteiger partial charge in [-0.25, -0.2) is 4.39 Å². The van der Waals surface area contributed by atoms with Crippen LogP contribution in [0.3, 0.4) is 0 Å². The Hall–Kier alpha value is -1.75. The van der Waals surface area contributed by atoms with Gasteiger partial charge in [-0.05, 0) is 52.7 Å². The summed E-state index contributed by atoms with van der Waals surface area (Å²) in [6, 6.07) is 7.93. The highest BCUT2D eigenvalue weighted by molar-refractivity contribution is 9.10. The summed E-state index contributed by atoms with van der Waals surface area (Å²) >= 11 is 3.05. The number of aromatic nitrogens is 1. The van der Waals surface area contributed by atoms with Crippen LogP contribution in [-0.2, 0) is 6.54 Å². The molecule has 1 aromatic carbocycles. The lowest BCUT2D eigenvalue weighted by molar-refractivity contribution is 0.0950. The number of pyridine rings is 1. The van der Waals surface area contributed by atoms with Crippen LogP contribution in [0.2, 0.25) is 0 Å². The van der Waals surface area contributed by atoms with Gasteiger partial charge in [0.15, 0.2) is 0 Å². The number of rotatable bonds is 3. The Morgan fingerprint density at radius 1 is 1.42 bits per heavy atom. The molecule has 1 amide bonds. The molecule has 1 aromatic heterocycles. The number of carbonyl (C=O) groups excluding carboxylic acids is 1. The van der Waals surface area contributed by atoms with E-state index in [0.717, 1.165) is 11.3 Å². The third-order valence-corrected chi connectivity index (χ3v) is 3.32. The molecule has 0 unspecified atom stereocenters. The highest BCUT2D eigenvalue weighted by Gasteiger charge is 2.09. The second kappa shape index (κ2) is 5.93. The smallest absolute Gasteiger partial charge is 0.251 e. The summed E-state index contributed by atoms with van der Waals surface area (Å²) in [5.74, 6) is -0.650. The summed E-state index contributed by atoms with van der Waals surface area (Å²) in [4.78, 5) is 16.1. The van der Waals surface area contributed by atoms with Crippen molar-refractivity contribution in [3.63, 3.8) is 0 Å². The molecule has 1 heterocycles. The average Bonchev–Trinajstić information content (AvgIpc) is 2.40. The molecular weight excluding hydrogens is 311 g/mol. The third-order valence-electron chi connectivity index (χ3n) is 2.72. The molecule has 0 aliphatic heterocycles. The van der Waals surface area contributed by atoms with E-state index in [4.69, 9.17) is 0 Å². The van der Waals surface area contributed by atoms with Crippen molar-refractivity contribution in [2.75, 3.05) is 0 Å². The van der Waals surface area contributed by atoms with Gasteiger partial charge >= 0.3 is 0 Å². The lowest BCUT2D eigenvalue weighted by Crippen LogP contribution is -2.23. The van der Waals surface area contributed by atoms with Gasteiger partial charge in [0, 0.05) is 11.8 Å². The Balaban J connectivity index is 2.05. The molecule has 2 aromatic rings. The van der Waals surface area contributed by atoms with Gasteiger partial charge in [0.2, 0.25) is 0 Å². The van der Waals surface area contributed by atoms with E-state index in [1.54, 1.807) is 6.20 Å². The summed E-state index contributed by atoms with van der Waals surface area (Å²) in [6.07, 6.45) is 1.68. The van der Waals surface area contributed by atoms with E-state index in [1.807, 2.05) is 19.1 Å². The topological polar surface area (TPSA) is 42.0 Å². The van der Waals surface area contributed by atoms with Crippen LogP contribution in [0.4, 0.5) is 4.39 Å². The standard InChI is InChI=1S/C14H12BrFN2O/c1-9-3-2-6-17-13(9)8-18-14(19)10-4-5-12(16)11(15)7-10/h2-7H,8H2,1H3,(H,18,19). The Bertz CT molecular complexity index is 616. The molecule has 0 fully saturated rings. The minimum atomic E-state index is -0.392. The quantitative estimate of drug-likeness (QED) is 0.942. The van der Waals surface area contributed by atoms with Crippen molar-refractivity contribution in [2.45, 2.75) is 13.5 Å². The van der Waals surface area contributed by atoms with E-state index in [9.17, 15) is 9.18 Å². The maximum atomic E-state index is 13.1. The van der Waals surface area contributed by atoms with Crippen molar-refractivity contribution < 1.29 is 9.18 Å². The zero-order valence-electron chi connectivity index (χ0n) is 10.3. The summed E-state index contributed by atoms with van der Waals surface area (Å²) in [6.45, 7) is 2.28. The first-order valence-electron chi connectivity index (χ1n) is 5.71. The van der Waals surface area contributed by atoms with Crippen molar-refractivity contribution in [3.8, 4) is 0 Å². The van der Waals surface area contributed by atoms with E-state index < -0.39 is 5.82 Å². The monoisotopic (exact) mass is 322 g/mol. The largest absolute Gasteiger partial charge is 0.346 e. The zero-order chi connectivity index (χ0) is 13.8. The number of carbonyl (C=O) groups is 1. The second-order valence-electron chi connectivity index (χ2n) is 4.08. The Labute approximate surface area is 119 Å². The number of nitrogens with zero attached hydrogens (tertiary/aromatic N) is 1. The first kappa shape index (κ1) is 13.7. The van der Waals surface area contributed by atoms with Gasteiger partial charge in [0.1, 0.15) is 5.82 Å². The molecule has 0 spiro atoms. The van der Waals surface area contributed by atoms with Gasteiger partial charge in [0.05, 0.1) is 16.7 Å². The van der Waals surface area contributed by atoms with E-state index in [-0.39, 0.29) is 10.4 Å². The minimum absolute atomic E-state index is 0.259. The molecule has 98 valence electrons. The fourth-order valence-corrected chi connectivity index (χ4v) is 1.99. The van der Waals surface area contributed by atoms with E-state index in [2.05, 4.69) is 26.2 Å². The van der Waals surface area contributed by atoms with E-state index in [0.29, 0.717) is 12.1 Å². The van der Waals surface area contributed by atoms with Crippen LogP contribution in [0.5, 0.6) is 0 Å². The molecule has 5 heteroatoms. The van der Waals surface area contributed by atoms with Gasteiger partial charge in [-0.3, -0.25) is 9.78 Å². The fraction of sp³-hybridized carbons (Fsp3) is 0.143. The molecular formula is C14H12BrFN2O. The number of amides is 1. The number of nitrogens with one attached hydrogen (secondary N) is 1. The van der Waals surface area contributed by atoms with Crippen LogP contribution >= 0.6 is 15.9 Å². The summed E-state index contributed by atoms with van der Waals surface area (Å²) < 4.78 is 13.3. The minimum Gasteiger partial charge on any atom is -0.346 e. The lowest BCUT2D eigenvalue weighted by Gasteiger charge is -2.07. The predicted molar refractivity (Wildman–Crippen MR) is 74.2 cm³/mol. The van der Waals surface area contributed by atoms with E-state index in [1.165, 1.54) is 18.2 Å². The average molecular weight is 323 g/mol. The molecule has 2 rings (SSSR count). The predicted octanol–water partition coefficient (Wildman–Crippen LogP) is 3.22. The lowest BCUT2D eigenvalue weighted by atomic mass is 10.2. The molecule has 0 aliphatic rings. The number of halogens is 2. The van der Waals surface area contributed by atoms with Gasteiger partial charge in [0.25, 0.3) is 5.91 Å². The highest BCUT2D eigenvalue weighted by Crippen LogP contribution is 2.16. The molecule has 0 saturated heterocycles. The van der Waals surface area contributed by atoms with Crippen molar-refractivity contribution in [1.29, 1.82) is 0 Å². The molecule has 0 atom stereocenters. The number of aryl methyl sites for hydroxylation is 1. The maximum Gasteiger partial charge on any atom is 0.251 e. The van der Waals surface area contributed by atoms with Crippen LogP contribution in [0.25, 0.3) is 0 Å². The van der Waals surface area contributed by atoms with Crippen LogP contribution in [-0.4, -0.2) is 10.9 Å². The van der Waals surface area contributed by atoms with Gasteiger partial charge in [-0.2, -0.15) is 0 Å². The van der Waals surface area contributed by atoms with Crippen molar-refractivity contribution in [3.05, 3.63) is 63.6 Å². The first-order valence-corrected chi connectivity index (χ1v) is 6.51. The molecule has 3 nitrogen and oxygen atoms in total. The molecule has 0 aliphatic carbocycles.